The van der Waals surface area contributed by atoms with Gasteiger partial charge in [-0.25, -0.2) is 0 Å². The van der Waals surface area contributed by atoms with Gasteiger partial charge in [-0.15, -0.1) is 0 Å². The Morgan fingerprint density at radius 1 is 1.77 bits per heavy atom. The highest BCUT2D eigenvalue weighted by Gasteiger charge is 2.30. The molecule has 1 aromatic rings. The summed E-state index contributed by atoms with van der Waals surface area (Å²) in [6.45, 7) is 2.24. The Hall–Kier alpha value is -1.32. The second-order valence-corrected chi connectivity index (χ2v) is 3.67. The van der Waals surface area contributed by atoms with Crippen molar-refractivity contribution in [1.82, 2.24) is 9.78 Å². The van der Waals surface area contributed by atoms with E-state index in [9.17, 15) is 0 Å². The number of anilines is 1. The van der Waals surface area contributed by atoms with Crippen LogP contribution < -0.4 is 5.43 Å². The predicted octanol–water partition coefficient (Wildman–Crippen LogP) is 1.47. The van der Waals surface area contributed by atoms with Gasteiger partial charge in [-0.2, -0.15) is 10.2 Å². The Morgan fingerprint density at radius 3 is 3.08 bits per heavy atom. The van der Waals surface area contributed by atoms with E-state index < -0.39 is 0 Å². The maximum Gasteiger partial charge on any atom is 0.0941 e. The molecule has 4 nitrogen and oxygen atoms in total. The van der Waals surface area contributed by atoms with Crippen molar-refractivity contribution in [2.24, 2.45) is 24.0 Å². The molecule has 0 amide bonds. The average Bonchev–Trinajstić information content (AvgIpc) is 2.60. The SMILES string of the molecule is CC1CC1/C=N/Nc1cnn(C)c1. The molecule has 1 heterocycles. The Kier molecular flexibility index (Phi) is 2.04. The summed E-state index contributed by atoms with van der Waals surface area (Å²) in [6.07, 6.45) is 6.91. The molecule has 1 aliphatic carbocycles. The third-order valence-electron chi connectivity index (χ3n) is 2.34. The molecule has 2 unspecified atom stereocenters. The summed E-state index contributed by atoms with van der Waals surface area (Å²) < 4.78 is 1.75. The number of hydrazone groups is 1. The van der Waals surface area contributed by atoms with Crippen LogP contribution in [0.15, 0.2) is 17.5 Å². The highest BCUT2D eigenvalue weighted by Crippen LogP contribution is 2.35. The number of aromatic nitrogens is 2. The summed E-state index contributed by atoms with van der Waals surface area (Å²) in [5.41, 5.74) is 3.88. The molecule has 0 aromatic carbocycles. The number of rotatable bonds is 3. The van der Waals surface area contributed by atoms with E-state index in [-0.39, 0.29) is 0 Å². The molecule has 4 heteroatoms. The maximum absolute atomic E-state index is 4.14. The fourth-order valence-corrected chi connectivity index (χ4v) is 1.25. The summed E-state index contributed by atoms with van der Waals surface area (Å²) >= 11 is 0. The zero-order valence-electron chi connectivity index (χ0n) is 7.94. The van der Waals surface area contributed by atoms with Gasteiger partial charge in [0.2, 0.25) is 0 Å². The number of hydrogen-bond donors (Lipinski definition) is 1. The molecule has 0 spiro atoms. The number of nitrogens with zero attached hydrogens (tertiary/aromatic N) is 3. The monoisotopic (exact) mass is 178 g/mol. The van der Waals surface area contributed by atoms with E-state index >= 15 is 0 Å². The summed E-state index contributed by atoms with van der Waals surface area (Å²) in [4.78, 5) is 0. The zero-order valence-corrected chi connectivity index (χ0v) is 7.94. The number of aryl methyl sites for hydroxylation is 1. The lowest BCUT2D eigenvalue weighted by Crippen LogP contribution is -1.89. The molecule has 70 valence electrons. The summed E-state index contributed by atoms with van der Waals surface area (Å²) in [5, 5.41) is 8.16. The molecule has 0 saturated heterocycles. The Bertz CT molecular complexity index is 315. The molecule has 0 bridgehead atoms. The molecule has 0 aliphatic heterocycles. The maximum atomic E-state index is 4.14. The quantitative estimate of drug-likeness (QED) is 0.562. The van der Waals surface area contributed by atoms with Crippen LogP contribution in [0.2, 0.25) is 0 Å². The van der Waals surface area contributed by atoms with E-state index in [2.05, 4.69) is 22.5 Å². The van der Waals surface area contributed by atoms with Crippen LogP contribution in [0.3, 0.4) is 0 Å². The lowest BCUT2D eigenvalue weighted by Gasteiger charge is -1.92. The smallest absolute Gasteiger partial charge is 0.0941 e. The van der Waals surface area contributed by atoms with E-state index in [0.29, 0.717) is 5.92 Å². The van der Waals surface area contributed by atoms with Gasteiger partial charge in [0.25, 0.3) is 0 Å². The van der Waals surface area contributed by atoms with Gasteiger partial charge in [0.05, 0.1) is 11.9 Å². The Labute approximate surface area is 77.6 Å². The van der Waals surface area contributed by atoms with Crippen molar-refractivity contribution in [3.63, 3.8) is 0 Å². The van der Waals surface area contributed by atoms with Gasteiger partial charge in [-0.1, -0.05) is 6.92 Å². The van der Waals surface area contributed by atoms with Gasteiger partial charge in [-0.05, 0) is 18.3 Å². The summed E-state index contributed by atoms with van der Waals surface area (Å²) in [6, 6.07) is 0. The fraction of sp³-hybridized carbons (Fsp3) is 0.556. The highest BCUT2D eigenvalue weighted by molar-refractivity contribution is 5.65. The Morgan fingerprint density at radius 2 is 2.54 bits per heavy atom. The normalized spacial score (nSPS) is 26.6. The molecule has 1 saturated carbocycles. The molecule has 1 aliphatic rings. The van der Waals surface area contributed by atoms with Crippen LogP contribution >= 0.6 is 0 Å². The second kappa shape index (κ2) is 3.20. The van der Waals surface area contributed by atoms with E-state index in [1.807, 2.05) is 19.5 Å². The molecule has 0 radical (unpaired) electrons. The van der Waals surface area contributed by atoms with Gasteiger partial charge in [-0.3, -0.25) is 10.1 Å². The molecule has 1 aromatic heterocycles. The van der Waals surface area contributed by atoms with Crippen molar-refractivity contribution in [2.75, 3.05) is 5.43 Å². The van der Waals surface area contributed by atoms with E-state index in [1.165, 1.54) is 6.42 Å². The standard InChI is InChI=1S/C9H14N4/c1-7-3-8(7)4-10-12-9-5-11-13(2)6-9/h4-8,12H,3H2,1-2H3/b10-4+. The Balaban J connectivity index is 1.82. The number of hydrogen-bond acceptors (Lipinski definition) is 3. The fourth-order valence-electron chi connectivity index (χ4n) is 1.25. The van der Waals surface area contributed by atoms with Crippen LogP contribution in [0.5, 0.6) is 0 Å². The van der Waals surface area contributed by atoms with Crippen molar-refractivity contribution in [3.8, 4) is 0 Å². The van der Waals surface area contributed by atoms with E-state index in [1.54, 1.807) is 10.9 Å². The van der Waals surface area contributed by atoms with Gasteiger partial charge >= 0.3 is 0 Å². The zero-order chi connectivity index (χ0) is 9.26. The first kappa shape index (κ1) is 8.29. The van der Waals surface area contributed by atoms with Crippen LogP contribution in [0.1, 0.15) is 13.3 Å². The third kappa shape index (κ3) is 2.08. The summed E-state index contributed by atoms with van der Waals surface area (Å²) in [5.74, 6) is 1.50. The predicted molar refractivity (Wildman–Crippen MR) is 52.6 cm³/mol. The molecule has 1 fully saturated rings. The molecular weight excluding hydrogens is 164 g/mol. The second-order valence-electron chi connectivity index (χ2n) is 3.67. The van der Waals surface area contributed by atoms with Crippen molar-refractivity contribution in [1.29, 1.82) is 0 Å². The van der Waals surface area contributed by atoms with Crippen molar-refractivity contribution in [3.05, 3.63) is 12.4 Å². The molecule has 1 N–H and O–H groups in total. The average molecular weight is 178 g/mol. The van der Waals surface area contributed by atoms with Crippen molar-refractivity contribution >= 4 is 11.9 Å². The molecule has 2 atom stereocenters. The van der Waals surface area contributed by atoms with Crippen molar-refractivity contribution < 1.29 is 0 Å². The molecular formula is C9H14N4. The lowest BCUT2D eigenvalue weighted by atomic mass is 10.4. The summed E-state index contributed by atoms with van der Waals surface area (Å²) in [7, 11) is 1.89. The van der Waals surface area contributed by atoms with E-state index in [0.717, 1.165) is 11.6 Å². The number of nitrogens with one attached hydrogen (secondary N) is 1. The van der Waals surface area contributed by atoms with Gasteiger partial charge in [0.15, 0.2) is 0 Å². The van der Waals surface area contributed by atoms with Crippen LogP contribution in [0.4, 0.5) is 5.69 Å². The van der Waals surface area contributed by atoms with Crippen LogP contribution in [0.25, 0.3) is 0 Å². The van der Waals surface area contributed by atoms with Crippen LogP contribution in [-0.2, 0) is 7.05 Å². The first-order chi connectivity index (χ1) is 6.25. The van der Waals surface area contributed by atoms with E-state index in [4.69, 9.17) is 0 Å². The van der Waals surface area contributed by atoms with Gasteiger partial charge in [0.1, 0.15) is 0 Å². The minimum atomic E-state index is 0.684. The first-order valence-corrected chi connectivity index (χ1v) is 4.53. The van der Waals surface area contributed by atoms with Crippen LogP contribution in [0, 0.1) is 11.8 Å². The van der Waals surface area contributed by atoms with Crippen molar-refractivity contribution in [2.45, 2.75) is 13.3 Å². The molecule has 2 rings (SSSR count). The molecule has 13 heavy (non-hydrogen) atoms. The highest BCUT2D eigenvalue weighted by atomic mass is 15.3. The van der Waals surface area contributed by atoms with Gasteiger partial charge < -0.3 is 0 Å². The van der Waals surface area contributed by atoms with Gasteiger partial charge in [0, 0.05) is 19.5 Å². The topological polar surface area (TPSA) is 42.2 Å². The lowest BCUT2D eigenvalue weighted by molar-refractivity contribution is 0.768. The third-order valence-corrected chi connectivity index (χ3v) is 2.34. The minimum Gasteiger partial charge on any atom is -0.276 e. The van der Waals surface area contributed by atoms with Crippen LogP contribution in [-0.4, -0.2) is 16.0 Å². The minimum absolute atomic E-state index is 0.684. The first-order valence-electron chi connectivity index (χ1n) is 4.53. The largest absolute Gasteiger partial charge is 0.276 e.